The Morgan fingerprint density at radius 1 is 1.28 bits per heavy atom. The Labute approximate surface area is 155 Å². The van der Waals surface area contributed by atoms with Gasteiger partial charge in [0.25, 0.3) is 0 Å². The van der Waals surface area contributed by atoms with E-state index in [-0.39, 0.29) is 23.8 Å². The topological polar surface area (TPSA) is 49.3 Å². The van der Waals surface area contributed by atoms with Gasteiger partial charge in [0, 0.05) is 33.8 Å². The molecular weight excluding hydrogens is 334 g/mol. The standard InChI is InChI=1S/C21H28ClNO2/c1-21(2)12-15-10-18(22)16(13-24)9-17(15)19(23-21)11-20(25)14-7-5-3-4-6-8-14/h9-11,14,23-24H,3-8,12-13H2,1-2H3. The molecule has 0 aromatic heterocycles. The monoisotopic (exact) mass is 361 g/mol. The van der Waals surface area contributed by atoms with Gasteiger partial charge in [0.2, 0.25) is 0 Å². The molecule has 1 aromatic rings. The second-order valence-electron chi connectivity index (χ2n) is 8.09. The van der Waals surface area contributed by atoms with Crippen LogP contribution in [0.2, 0.25) is 5.02 Å². The lowest BCUT2D eigenvalue weighted by molar-refractivity contribution is -0.118. The van der Waals surface area contributed by atoms with Crippen LogP contribution in [0.1, 0.15) is 69.1 Å². The number of rotatable bonds is 3. The quantitative estimate of drug-likeness (QED) is 0.609. The van der Waals surface area contributed by atoms with Crippen molar-refractivity contribution in [1.82, 2.24) is 5.32 Å². The maximum atomic E-state index is 12.9. The first-order valence-corrected chi connectivity index (χ1v) is 9.74. The van der Waals surface area contributed by atoms with Crippen LogP contribution in [0, 0.1) is 5.92 Å². The van der Waals surface area contributed by atoms with Crippen LogP contribution in [0.5, 0.6) is 0 Å². The van der Waals surface area contributed by atoms with Crippen LogP contribution in [0.25, 0.3) is 5.70 Å². The van der Waals surface area contributed by atoms with E-state index in [2.05, 4.69) is 19.2 Å². The van der Waals surface area contributed by atoms with Crippen molar-refractivity contribution in [2.24, 2.45) is 5.92 Å². The Balaban J connectivity index is 1.96. The van der Waals surface area contributed by atoms with E-state index in [0.29, 0.717) is 10.6 Å². The van der Waals surface area contributed by atoms with Crippen LogP contribution >= 0.6 is 11.6 Å². The molecule has 0 atom stereocenters. The average molecular weight is 362 g/mol. The number of hydrogen-bond donors (Lipinski definition) is 2. The molecule has 0 amide bonds. The normalized spacial score (nSPS) is 22.2. The summed E-state index contributed by atoms with van der Waals surface area (Å²) in [7, 11) is 0. The first-order chi connectivity index (χ1) is 11.9. The van der Waals surface area contributed by atoms with Gasteiger partial charge in [-0.25, -0.2) is 0 Å². The number of carbonyl (C=O) groups excluding carboxylic acids is 1. The summed E-state index contributed by atoms with van der Waals surface area (Å²) in [6, 6.07) is 3.86. The van der Waals surface area contributed by atoms with Crippen molar-refractivity contribution < 1.29 is 9.90 Å². The third-order valence-corrected chi connectivity index (χ3v) is 5.73. The number of halogens is 1. The molecule has 0 radical (unpaired) electrons. The van der Waals surface area contributed by atoms with Gasteiger partial charge in [-0.3, -0.25) is 4.79 Å². The Morgan fingerprint density at radius 3 is 2.60 bits per heavy atom. The van der Waals surface area contributed by atoms with Crippen molar-refractivity contribution >= 4 is 23.1 Å². The molecule has 1 aliphatic carbocycles. The summed E-state index contributed by atoms with van der Waals surface area (Å²) in [5.41, 5.74) is 3.56. The zero-order valence-corrected chi connectivity index (χ0v) is 16.0. The Kier molecular flexibility index (Phi) is 5.55. The molecule has 0 saturated heterocycles. The maximum absolute atomic E-state index is 12.9. The molecular formula is C21H28ClNO2. The lowest BCUT2D eigenvalue weighted by atomic mass is 9.84. The molecule has 4 heteroatoms. The lowest BCUT2D eigenvalue weighted by Crippen LogP contribution is -2.44. The number of aliphatic hydroxyl groups is 1. The number of benzene rings is 1. The van der Waals surface area contributed by atoms with Crippen LogP contribution in [0.3, 0.4) is 0 Å². The van der Waals surface area contributed by atoms with E-state index in [9.17, 15) is 9.90 Å². The minimum atomic E-state index is -0.132. The fourth-order valence-corrected chi connectivity index (χ4v) is 4.31. The highest BCUT2D eigenvalue weighted by atomic mass is 35.5. The Bertz CT molecular complexity index is 685. The van der Waals surface area contributed by atoms with E-state index in [0.717, 1.165) is 48.9 Å². The van der Waals surface area contributed by atoms with E-state index in [1.807, 2.05) is 12.1 Å². The second-order valence-corrected chi connectivity index (χ2v) is 8.50. The molecule has 1 fully saturated rings. The number of allylic oxidation sites excluding steroid dienone is 1. The fraction of sp³-hybridized carbons (Fsp3) is 0.571. The first kappa shape index (κ1) is 18.5. The molecule has 1 aromatic carbocycles. The van der Waals surface area contributed by atoms with Crippen molar-refractivity contribution in [3.63, 3.8) is 0 Å². The number of ketones is 1. The molecule has 3 nitrogen and oxygen atoms in total. The molecule has 1 aliphatic heterocycles. The maximum Gasteiger partial charge on any atom is 0.160 e. The summed E-state index contributed by atoms with van der Waals surface area (Å²) in [6.07, 6.45) is 9.43. The number of carbonyl (C=O) groups is 1. The molecule has 25 heavy (non-hydrogen) atoms. The average Bonchev–Trinajstić information content (AvgIpc) is 2.82. The van der Waals surface area contributed by atoms with Crippen LogP contribution in [-0.2, 0) is 17.8 Å². The largest absolute Gasteiger partial charge is 0.392 e. The molecule has 0 spiro atoms. The van der Waals surface area contributed by atoms with Gasteiger partial charge in [0.1, 0.15) is 0 Å². The summed E-state index contributed by atoms with van der Waals surface area (Å²) < 4.78 is 0. The highest BCUT2D eigenvalue weighted by molar-refractivity contribution is 6.31. The number of nitrogens with one attached hydrogen (secondary N) is 1. The third-order valence-electron chi connectivity index (χ3n) is 5.38. The van der Waals surface area contributed by atoms with Crippen molar-refractivity contribution in [2.45, 2.75) is 70.9 Å². The van der Waals surface area contributed by atoms with Gasteiger partial charge in [-0.15, -0.1) is 0 Å². The van der Waals surface area contributed by atoms with Gasteiger partial charge in [0.05, 0.1) is 6.61 Å². The van der Waals surface area contributed by atoms with Crippen molar-refractivity contribution in [2.75, 3.05) is 0 Å². The molecule has 0 bridgehead atoms. The van der Waals surface area contributed by atoms with Gasteiger partial charge >= 0.3 is 0 Å². The zero-order valence-electron chi connectivity index (χ0n) is 15.2. The minimum Gasteiger partial charge on any atom is -0.392 e. The molecule has 3 rings (SSSR count). The van der Waals surface area contributed by atoms with E-state index in [1.54, 1.807) is 6.08 Å². The summed E-state index contributed by atoms with van der Waals surface area (Å²) in [4.78, 5) is 12.9. The lowest BCUT2D eigenvalue weighted by Gasteiger charge is -2.36. The zero-order chi connectivity index (χ0) is 18.0. The van der Waals surface area contributed by atoms with Crippen molar-refractivity contribution in [3.05, 3.63) is 39.9 Å². The van der Waals surface area contributed by atoms with E-state index in [4.69, 9.17) is 11.6 Å². The van der Waals surface area contributed by atoms with Crippen molar-refractivity contribution in [1.29, 1.82) is 0 Å². The molecule has 136 valence electrons. The Morgan fingerprint density at radius 2 is 1.96 bits per heavy atom. The summed E-state index contributed by atoms with van der Waals surface area (Å²) in [6.45, 7) is 4.17. The summed E-state index contributed by atoms with van der Waals surface area (Å²) in [5.74, 6) is 0.378. The first-order valence-electron chi connectivity index (χ1n) is 9.36. The third kappa shape index (κ3) is 4.27. The molecule has 1 saturated carbocycles. The SMILES string of the molecule is CC1(C)Cc2cc(Cl)c(CO)cc2C(=CC(=O)C2CCCCCC2)N1. The van der Waals surface area contributed by atoms with Gasteiger partial charge in [-0.2, -0.15) is 0 Å². The number of hydrogen-bond acceptors (Lipinski definition) is 3. The van der Waals surface area contributed by atoms with Gasteiger partial charge in [-0.05, 0) is 56.4 Å². The van der Waals surface area contributed by atoms with E-state index >= 15 is 0 Å². The highest BCUT2D eigenvalue weighted by Crippen LogP contribution is 2.34. The fourth-order valence-electron chi connectivity index (χ4n) is 4.07. The predicted octanol–water partition coefficient (Wildman–Crippen LogP) is 4.64. The second kappa shape index (κ2) is 7.51. The molecule has 2 N–H and O–H groups in total. The molecule has 1 heterocycles. The number of fused-ring (bicyclic) bond motifs is 1. The molecule has 2 aliphatic rings. The number of aliphatic hydroxyl groups excluding tert-OH is 1. The highest BCUT2D eigenvalue weighted by Gasteiger charge is 2.29. The van der Waals surface area contributed by atoms with Gasteiger partial charge in [-0.1, -0.05) is 37.3 Å². The van der Waals surface area contributed by atoms with E-state index < -0.39 is 0 Å². The van der Waals surface area contributed by atoms with Gasteiger partial charge < -0.3 is 10.4 Å². The molecule has 0 unspecified atom stereocenters. The predicted molar refractivity (Wildman–Crippen MR) is 102 cm³/mol. The van der Waals surface area contributed by atoms with Crippen molar-refractivity contribution in [3.8, 4) is 0 Å². The van der Waals surface area contributed by atoms with E-state index in [1.165, 1.54) is 12.8 Å². The van der Waals surface area contributed by atoms with Crippen LogP contribution in [-0.4, -0.2) is 16.4 Å². The van der Waals surface area contributed by atoms with Crippen LogP contribution < -0.4 is 5.32 Å². The van der Waals surface area contributed by atoms with Crippen LogP contribution in [0.4, 0.5) is 0 Å². The smallest absolute Gasteiger partial charge is 0.160 e. The van der Waals surface area contributed by atoms with Crippen LogP contribution in [0.15, 0.2) is 18.2 Å². The minimum absolute atomic E-state index is 0.0979. The Hall–Kier alpha value is -1.32. The van der Waals surface area contributed by atoms with Gasteiger partial charge in [0.15, 0.2) is 5.78 Å². The summed E-state index contributed by atoms with van der Waals surface area (Å²) >= 11 is 6.28. The summed E-state index contributed by atoms with van der Waals surface area (Å²) in [5, 5.41) is 13.6.